The monoisotopic (exact) mass is 621 g/mol. The van der Waals surface area contributed by atoms with E-state index in [2.05, 4.69) is 36.9 Å². The van der Waals surface area contributed by atoms with Crippen LogP contribution in [-0.2, 0) is 19.6 Å². The summed E-state index contributed by atoms with van der Waals surface area (Å²) in [4.78, 5) is 15.6. The second-order valence-electron chi connectivity index (χ2n) is 11.8. The number of aryl methyl sites for hydroxylation is 1. The highest BCUT2D eigenvalue weighted by atomic mass is 35.5. The van der Waals surface area contributed by atoms with Gasteiger partial charge in [0.2, 0.25) is 0 Å². The van der Waals surface area contributed by atoms with Crippen LogP contribution in [0.5, 0.6) is 11.5 Å². The number of unbranched alkanes of at least 4 members (excludes halogenated alkanes) is 11. The van der Waals surface area contributed by atoms with E-state index >= 15 is 0 Å². The van der Waals surface area contributed by atoms with Gasteiger partial charge in [0, 0.05) is 24.6 Å². The number of halogens is 1. The van der Waals surface area contributed by atoms with E-state index in [1.807, 2.05) is 41.3 Å². The molecule has 0 unspecified atom stereocenters. The Kier molecular flexibility index (Phi) is 16.8. The Balaban J connectivity index is 1.54. The zero-order valence-corrected chi connectivity index (χ0v) is 28.1. The minimum absolute atomic E-state index is 0.104. The molecule has 5 nitrogen and oxygen atoms in total. The van der Waals surface area contributed by atoms with Crippen LogP contribution in [0.25, 0.3) is 0 Å². The van der Waals surface area contributed by atoms with Crippen molar-refractivity contribution in [3.8, 4) is 11.5 Å². The number of aromatic nitrogens is 1. The lowest BCUT2D eigenvalue weighted by atomic mass is 10.1. The largest absolute Gasteiger partial charge is 0.493 e. The number of nitrogens with zero attached hydrogens (tertiary/aromatic N) is 2. The van der Waals surface area contributed by atoms with Crippen LogP contribution in [0.3, 0.4) is 0 Å². The average molecular weight is 622 g/mol. The lowest BCUT2D eigenvalue weighted by Gasteiger charge is -2.24. The van der Waals surface area contributed by atoms with E-state index < -0.39 is 0 Å². The smallest absolute Gasteiger partial charge is 0.255 e. The van der Waals surface area contributed by atoms with Crippen LogP contribution in [-0.4, -0.2) is 24.5 Å². The zero-order valence-electron chi connectivity index (χ0n) is 27.4. The maximum absolute atomic E-state index is 13.7. The quantitative estimate of drug-likeness (QED) is 0.0828. The van der Waals surface area contributed by atoms with Gasteiger partial charge in [-0.15, -0.1) is 0 Å². The molecule has 0 aliphatic rings. The Bertz CT molecular complexity index is 1250. The van der Waals surface area contributed by atoms with Crippen molar-refractivity contribution in [1.82, 2.24) is 4.90 Å². The standard InChI is InChI=1S/C38H54ClN2O3/c1-4-6-7-8-9-10-11-12-13-14-15-18-27-44-36-24-23-32(28-37(36)43-3)30-41(38(42)34-21-16-17-22-35(34)39)31-33-20-19-26-40(29-33)25-5-2/h16-17,19-24,26,28-29H,4-15,18,25,27,30-31H2,1-3H3/q+1. The van der Waals surface area contributed by atoms with Gasteiger partial charge in [0.15, 0.2) is 23.9 Å². The van der Waals surface area contributed by atoms with Crippen molar-refractivity contribution in [3.63, 3.8) is 0 Å². The molecule has 0 fully saturated rings. The predicted molar refractivity (Wildman–Crippen MR) is 182 cm³/mol. The molecule has 0 N–H and O–H groups in total. The second kappa shape index (κ2) is 20.8. The fourth-order valence-corrected chi connectivity index (χ4v) is 5.78. The normalized spacial score (nSPS) is 11.0. The van der Waals surface area contributed by atoms with Gasteiger partial charge in [-0.05, 0) is 42.3 Å². The number of pyridine rings is 1. The molecule has 240 valence electrons. The van der Waals surface area contributed by atoms with Crippen molar-refractivity contribution in [1.29, 1.82) is 0 Å². The Morgan fingerprint density at radius 2 is 1.41 bits per heavy atom. The number of hydrogen-bond donors (Lipinski definition) is 0. The van der Waals surface area contributed by atoms with Crippen LogP contribution in [0, 0.1) is 0 Å². The predicted octanol–water partition coefficient (Wildman–Crippen LogP) is 9.97. The molecule has 0 spiro atoms. The first kappa shape index (κ1) is 35.4. The van der Waals surface area contributed by atoms with Crippen LogP contribution >= 0.6 is 11.6 Å². The molecule has 0 bridgehead atoms. The van der Waals surface area contributed by atoms with E-state index in [-0.39, 0.29) is 5.91 Å². The average Bonchev–Trinajstić information content (AvgIpc) is 3.03. The second-order valence-corrected chi connectivity index (χ2v) is 12.2. The number of benzene rings is 2. The first-order valence-electron chi connectivity index (χ1n) is 16.9. The molecule has 3 rings (SSSR count). The van der Waals surface area contributed by atoms with Crippen molar-refractivity contribution < 1.29 is 18.8 Å². The Morgan fingerprint density at radius 3 is 2.07 bits per heavy atom. The fraction of sp³-hybridized carbons (Fsp3) is 0.526. The summed E-state index contributed by atoms with van der Waals surface area (Å²) in [6.45, 7) is 6.93. The molecule has 0 saturated carbocycles. The Hall–Kier alpha value is -3.05. The first-order chi connectivity index (χ1) is 21.5. The summed E-state index contributed by atoms with van der Waals surface area (Å²) in [6.07, 6.45) is 21.1. The molecule has 2 aromatic carbocycles. The maximum Gasteiger partial charge on any atom is 0.255 e. The van der Waals surface area contributed by atoms with Crippen molar-refractivity contribution >= 4 is 17.5 Å². The summed E-state index contributed by atoms with van der Waals surface area (Å²) in [6, 6.07) is 17.3. The van der Waals surface area contributed by atoms with Gasteiger partial charge < -0.3 is 14.4 Å². The van der Waals surface area contributed by atoms with Crippen molar-refractivity contribution in [3.05, 3.63) is 88.7 Å². The SMILES string of the molecule is CCCCCCCCCCCCCCOc1ccc(CN(Cc2ccc[n+](CCC)c2)C(=O)c2ccccc2Cl)cc1OC. The van der Waals surface area contributed by atoms with Gasteiger partial charge in [0.1, 0.15) is 6.54 Å². The molecule has 6 heteroatoms. The molecule has 1 aromatic heterocycles. The summed E-state index contributed by atoms with van der Waals surface area (Å²) in [5, 5.41) is 0.454. The number of carbonyl (C=O) groups excluding carboxylic acids is 1. The number of methoxy groups -OCH3 is 1. The topological polar surface area (TPSA) is 42.7 Å². The summed E-state index contributed by atoms with van der Waals surface area (Å²) in [5.41, 5.74) is 2.54. The third kappa shape index (κ3) is 12.5. The van der Waals surface area contributed by atoms with Crippen molar-refractivity contribution in [2.45, 2.75) is 117 Å². The van der Waals surface area contributed by atoms with Gasteiger partial charge in [-0.1, -0.05) is 114 Å². The number of hydrogen-bond acceptors (Lipinski definition) is 3. The van der Waals surface area contributed by atoms with Gasteiger partial charge >= 0.3 is 0 Å². The highest BCUT2D eigenvalue weighted by Gasteiger charge is 2.21. The van der Waals surface area contributed by atoms with E-state index in [0.29, 0.717) is 36.0 Å². The number of carbonyl (C=O) groups is 1. The summed E-state index contributed by atoms with van der Waals surface area (Å²) in [7, 11) is 1.67. The molecule has 0 saturated heterocycles. The van der Waals surface area contributed by atoms with Crippen LogP contribution in [0.2, 0.25) is 5.02 Å². The third-order valence-corrected chi connectivity index (χ3v) is 8.35. The molecule has 0 aliphatic heterocycles. The van der Waals surface area contributed by atoms with Gasteiger partial charge in [-0.3, -0.25) is 4.79 Å². The molecule has 0 radical (unpaired) electrons. The van der Waals surface area contributed by atoms with Crippen molar-refractivity contribution in [2.75, 3.05) is 13.7 Å². The third-order valence-electron chi connectivity index (χ3n) is 8.02. The van der Waals surface area contributed by atoms with E-state index in [1.165, 1.54) is 70.6 Å². The van der Waals surface area contributed by atoms with Gasteiger partial charge in [0.25, 0.3) is 5.91 Å². The van der Waals surface area contributed by atoms with E-state index in [4.69, 9.17) is 21.1 Å². The molecular weight excluding hydrogens is 568 g/mol. The molecular formula is C38H54ClN2O3+. The van der Waals surface area contributed by atoms with Crippen LogP contribution in [0.4, 0.5) is 0 Å². The zero-order chi connectivity index (χ0) is 31.4. The van der Waals surface area contributed by atoms with Crippen molar-refractivity contribution in [2.24, 2.45) is 0 Å². The number of rotatable bonds is 22. The fourth-order valence-electron chi connectivity index (χ4n) is 5.57. The molecule has 0 atom stereocenters. The van der Waals surface area contributed by atoms with Crippen LogP contribution < -0.4 is 14.0 Å². The van der Waals surface area contributed by atoms with E-state index in [0.717, 1.165) is 36.3 Å². The van der Waals surface area contributed by atoms with Gasteiger partial charge in [-0.25, -0.2) is 4.57 Å². The Labute approximate surface area is 271 Å². The highest BCUT2D eigenvalue weighted by Crippen LogP contribution is 2.30. The maximum atomic E-state index is 13.7. The van der Waals surface area contributed by atoms with Gasteiger partial charge in [0.05, 0.1) is 30.8 Å². The van der Waals surface area contributed by atoms with Crippen LogP contribution in [0.1, 0.15) is 119 Å². The summed E-state index contributed by atoms with van der Waals surface area (Å²) < 4.78 is 14.0. The minimum Gasteiger partial charge on any atom is -0.493 e. The molecule has 3 aromatic rings. The highest BCUT2D eigenvalue weighted by molar-refractivity contribution is 6.33. The summed E-state index contributed by atoms with van der Waals surface area (Å²) >= 11 is 6.44. The van der Waals surface area contributed by atoms with E-state index in [9.17, 15) is 4.79 Å². The molecule has 44 heavy (non-hydrogen) atoms. The minimum atomic E-state index is -0.104. The van der Waals surface area contributed by atoms with Gasteiger partial charge in [-0.2, -0.15) is 0 Å². The molecule has 1 amide bonds. The van der Waals surface area contributed by atoms with Crippen LogP contribution in [0.15, 0.2) is 67.0 Å². The lowest BCUT2D eigenvalue weighted by Crippen LogP contribution is -2.35. The Morgan fingerprint density at radius 1 is 0.750 bits per heavy atom. The molecule has 1 heterocycles. The van der Waals surface area contributed by atoms with E-state index in [1.54, 1.807) is 19.2 Å². The summed E-state index contributed by atoms with van der Waals surface area (Å²) in [5.74, 6) is 1.33. The number of ether oxygens (including phenoxy) is 2. The molecule has 0 aliphatic carbocycles. The first-order valence-corrected chi connectivity index (χ1v) is 17.2. The number of amides is 1. The lowest BCUT2D eigenvalue weighted by molar-refractivity contribution is -0.697.